The number of rotatable bonds is 7. The Hall–Kier alpha value is -1.14. The van der Waals surface area contributed by atoms with Crippen molar-refractivity contribution < 1.29 is 19.4 Å². The molecule has 0 rings (SSSR count). The number of hydrogen-bond donors (Lipinski definition) is 2. The number of amides is 1. The summed E-state index contributed by atoms with van der Waals surface area (Å²) in [4.78, 5) is 24.4. The number of likely N-dealkylation sites (N-methyl/N-ethyl adjacent to an activating group) is 1. The Kier molecular flexibility index (Phi) is 6.75. The molecule has 0 aromatic carbocycles. The maximum absolute atomic E-state index is 11.6. The molecule has 0 fully saturated rings. The van der Waals surface area contributed by atoms with Crippen molar-refractivity contribution in [2.24, 2.45) is 0 Å². The van der Waals surface area contributed by atoms with Crippen molar-refractivity contribution in [2.45, 2.75) is 26.4 Å². The standard InChI is InChI=1S/C11H22N2O4/c1-5-13(6-2)9(14)7-12-8-11(3,16)10(15)17-4/h12,16H,5-8H2,1-4H3. The maximum Gasteiger partial charge on any atom is 0.338 e. The lowest BCUT2D eigenvalue weighted by Gasteiger charge is -2.22. The van der Waals surface area contributed by atoms with E-state index in [2.05, 4.69) is 10.1 Å². The van der Waals surface area contributed by atoms with Crippen LogP contribution in [0.2, 0.25) is 0 Å². The quantitative estimate of drug-likeness (QED) is 0.585. The van der Waals surface area contributed by atoms with E-state index in [1.165, 1.54) is 14.0 Å². The van der Waals surface area contributed by atoms with E-state index < -0.39 is 11.6 Å². The molecule has 0 bridgehead atoms. The third-order valence-electron chi connectivity index (χ3n) is 2.49. The molecule has 6 heteroatoms. The van der Waals surface area contributed by atoms with Crippen LogP contribution in [-0.4, -0.2) is 60.8 Å². The highest BCUT2D eigenvalue weighted by Crippen LogP contribution is 2.03. The summed E-state index contributed by atoms with van der Waals surface area (Å²) < 4.78 is 4.44. The van der Waals surface area contributed by atoms with Gasteiger partial charge in [0.25, 0.3) is 0 Å². The highest BCUT2D eigenvalue weighted by Gasteiger charge is 2.31. The van der Waals surface area contributed by atoms with E-state index in [1.807, 2.05) is 13.8 Å². The van der Waals surface area contributed by atoms with E-state index in [0.29, 0.717) is 13.1 Å². The SMILES string of the molecule is CCN(CC)C(=O)CNCC(C)(O)C(=O)OC. The largest absolute Gasteiger partial charge is 0.467 e. The number of nitrogens with zero attached hydrogens (tertiary/aromatic N) is 1. The summed E-state index contributed by atoms with van der Waals surface area (Å²) in [5, 5.41) is 12.4. The zero-order chi connectivity index (χ0) is 13.5. The zero-order valence-corrected chi connectivity index (χ0v) is 10.9. The third kappa shape index (κ3) is 5.14. The summed E-state index contributed by atoms with van der Waals surface area (Å²) in [6.45, 7) is 6.49. The van der Waals surface area contributed by atoms with Crippen LogP contribution < -0.4 is 5.32 Å². The summed E-state index contributed by atoms with van der Waals surface area (Å²) >= 11 is 0. The Labute approximate surface area is 102 Å². The molecule has 0 saturated heterocycles. The fourth-order valence-corrected chi connectivity index (χ4v) is 1.39. The second kappa shape index (κ2) is 7.24. The predicted molar refractivity (Wildman–Crippen MR) is 63.4 cm³/mol. The number of hydrogen-bond acceptors (Lipinski definition) is 5. The monoisotopic (exact) mass is 246 g/mol. The van der Waals surface area contributed by atoms with Gasteiger partial charge in [-0.15, -0.1) is 0 Å². The molecule has 0 saturated carbocycles. The van der Waals surface area contributed by atoms with Crippen LogP contribution in [0.5, 0.6) is 0 Å². The fourth-order valence-electron chi connectivity index (χ4n) is 1.39. The molecule has 2 N–H and O–H groups in total. The van der Waals surface area contributed by atoms with Gasteiger partial charge in [-0.1, -0.05) is 0 Å². The number of nitrogens with one attached hydrogen (secondary N) is 1. The van der Waals surface area contributed by atoms with Crippen molar-refractivity contribution in [3.8, 4) is 0 Å². The molecule has 1 amide bonds. The van der Waals surface area contributed by atoms with Gasteiger partial charge in [-0.3, -0.25) is 4.79 Å². The Morgan fingerprint density at radius 1 is 1.35 bits per heavy atom. The first-order chi connectivity index (χ1) is 7.88. The van der Waals surface area contributed by atoms with E-state index in [0.717, 1.165) is 0 Å². The average molecular weight is 246 g/mol. The van der Waals surface area contributed by atoms with Crippen molar-refractivity contribution >= 4 is 11.9 Å². The second-order valence-corrected chi connectivity index (χ2v) is 3.94. The minimum atomic E-state index is -1.61. The summed E-state index contributed by atoms with van der Waals surface area (Å²) in [6, 6.07) is 0. The molecule has 0 aliphatic heterocycles. The summed E-state index contributed by atoms with van der Waals surface area (Å²) in [5.41, 5.74) is -1.61. The number of methoxy groups -OCH3 is 1. The Balaban J connectivity index is 4.07. The van der Waals surface area contributed by atoms with E-state index in [1.54, 1.807) is 4.90 Å². The maximum atomic E-state index is 11.6. The molecule has 100 valence electrons. The topological polar surface area (TPSA) is 78.9 Å². The number of aliphatic hydroxyl groups is 1. The normalized spacial score (nSPS) is 13.9. The first-order valence-electron chi connectivity index (χ1n) is 5.68. The van der Waals surface area contributed by atoms with E-state index >= 15 is 0 Å². The van der Waals surface area contributed by atoms with Gasteiger partial charge in [0, 0.05) is 19.6 Å². The van der Waals surface area contributed by atoms with Crippen LogP contribution in [0, 0.1) is 0 Å². The molecule has 0 aromatic rings. The van der Waals surface area contributed by atoms with Crippen molar-refractivity contribution in [1.29, 1.82) is 0 Å². The lowest BCUT2D eigenvalue weighted by Crippen LogP contribution is -2.48. The molecule has 0 aliphatic rings. The van der Waals surface area contributed by atoms with Gasteiger partial charge >= 0.3 is 5.97 Å². The number of esters is 1. The zero-order valence-electron chi connectivity index (χ0n) is 10.9. The Morgan fingerprint density at radius 3 is 2.29 bits per heavy atom. The molecule has 1 unspecified atom stereocenters. The highest BCUT2D eigenvalue weighted by atomic mass is 16.5. The van der Waals surface area contributed by atoms with Gasteiger partial charge in [-0.05, 0) is 20.8 Å². The molecule has 17 heavy (non-hydrogen) atoms. The molecule has 6 nitrogen and oxygen atoms in total. The van der Waals surface area contributed by atoms with E-state index in [4.69, 9.17) is 0 Å². The second-order valence-electron chi connectivity index (χ2n) is 3.94. The first kappa shape index (κ1) is 15.9. The van der Waals surface area contributed by atoms with Crippen molar-refractivity contribution in [1.82, 2.24) is 10.2 Å². The lowest BCUT2D eigenvalue weighted by atomic mass is 10.1. The minimum absolute atomic E-state index is 0.0211. The molecule has 1 atom stereocenters. The van der Waals surface area contributed by atoms with Gasteiger partial charge in [0.15, 0.2) is 5.60 Å². The minimum Gasteiger partial charge on any atom is -0.467 e. The average Bonchev–Trinajstić information content (AvgIpc) is 2.29. The van der Waals surface area contributed by atoms with Gasteiger partial charge in [-0.2, -0.15) is 0 Å². The Bertz CT molecular complexity index is 262. The van der Waals surface area contributed by atoms with Crippen LogP contribution in [0.3, 0.4) is 0 Å². The van der Waals surface area contributed by atoms with Gasteiger partial charge in [0.2, 0.25) is 5.91 Å². The van der Waals surface area contributed by atoms with Gasteiger partial charge in [-0.25, -0.2) is 4.79 Å². The first-order valence-corrected chi connectivity index (χ1v) is 5.68. The van der Waals surface area contributed by atoms with E-state index in [9.17, 15) is 14.7 Å². The van der Waals surface area contributed by atoms with Gasteiger partial charge in [0.1, 0.15) is 0 Å². The summed E-state index contributed by atoms with van der Waals surface area (Å²) in [7, 11) is 1.21. The van der Waals surface area contributed by atoms with Gasteiger partial charge in [0.05, 0.1) is 13.7 Å². The van der Waals surface area contributed by atoms with Crippen LogP contribution in [0.4, 0.5) is 0 Å². The van der Waals surface area contributed by atoms with Crippen LogP contribution in [0.25, 0.3) is 0 Å². The highest BCUT2D eigenvalue weighted by molar-refractivity contribution is 5.80. The van der Waals surface area contributed by atoms with Crippen molar-refractivity contribution in [3.63, 3.8) is 0 Å². The number of carbonyl (C=O) groups is 2. The molecule has 0 spiro atoms. The van der Waals surface area contributed by atoms with Crippen LogP contribution in [-0.2, 0) is 14.3 Å². The van der Waals surface area contributed by atoms with Crippen molar-refractivity contribution in [2.75, 3.05) is 33.3 Å². The van der Waals surface area contributed by atoms with E-state index in [-0.39, 0.29) is 19.0 Å². The van der Waals surface area contributed by atoms with Crippen molar-refractivity contribution in [3.05, 3.63) is 0 Å². The summed E-state index contributed by atoms with van der Waals surface area (Å²) in [6.07, 6.45) is 0. The summed E-state index contributed by atoms with van der Waals surface area (Å²) in [5.74, 6) is -0.782. The molecular formula is C11H22N2O4. The Morgan fingerprint density at radius 2 is 1.88 bits per heavy atom. The lowest BCUT2D eigenvalue weighted by molar-refractivity contribution is -0.160. The predicted octanol–water partition coefficient (Wildman–Crippen LogP) is -0.632. The van der Waals surface area contributed by atoms with Crippen LogP contribution in [0.1, 0.15) is 20.8 Å². The molecule has 0 radical (unpaired) electrons. The molecular weight excluding hydrogens is 224 g/mol. The number of carbonyl (C=O) groups excluding carboxylic acids is 2. The van der Waals surface area contributed by atoms with Gasteiger partial charge < -0.3 is 20.1 Å². The van der Waals surface area contributed by atoms with Crippen LogP contribution in [0.15, 0.2) is 0 Å². The number of ether oxygens (including phenoxy) is 1. The fraction of sp³-hybridized carbons (Fsp3) is 0.818. The molecule has 0 aliphatic carbocycles. The van der Waals surface area contributed by atoms with Crippen LogP contribution >= 0.6 is 0 Å². The third-order valence-corrected chi connectivity index (χ3v) is 2.49. The molecule has 0 aromatic heterocycles. The smallest absolute Gasteiger partial charge is 0.338 e. The molecule has 0 heterocycles.